The van der Waals surface area contributed by atoms with E-state index < -0.39 is 11.6 Å². The Morgan fingerprint density at radius 3 is 2.32 bits per heavy atom. The first-order valence-electron chi connectivity index (χ1n) is 12.8. The Kier molecular flexibility index (Phi) is 7.86. The highest BCUT2D eigenvalue weighted by Gasteiger charge is 2.23. The zero-order valence-corrected chi connectivity index (χ0v) is 22.4. The van der Waals surface area contributed by atoms with E-state index in [1.165, 1.54) is 6.42 Å². The molecular weight excluding hydrogens is 464 g/mol. The third-order valence-corrected chi connectivity index (χ3v) is 6.49. The molecule has 1 aliphatic heterocycles. The molecule has 3 aromatic carbocycles. The van der Waals surface area contributed by atoms with E-state index in [2.05, 4.69) is 16.3 Å². The molecule has 0 atom stereocenters. The van der Waals surface area contributed by atoms with Gasteiger partial charge in [0.15, 0.2) is 0 Å². The number of aryl methyl sites for hydroxylation is 1. The molecule has 1 amide bonds. The molecule has 0 saturated carbocycles. The molecule has 1 aliphatic rings. The lowest BCUT2D eigenvalue weighted by atomic mass is 10.0. The third-order valence-electron chi connectivity index (χ3n) is 6.49. The number of anilines is 2. The summed E-state index contributed by atoms with van der Waals surface area (Å²) in [6.45, 7) is 9.38. The molecule has 4 rings (SSSR count). The number of rotatable bonds is 6. The number of nitrogens with one attached hydrogen (secondary N) is 1. The molecule has 0 spiro atoms. The van der Waals surface area contributed by atoms with Gasteiger partial charge in [-0.25, -0.2) is 4.79 Å². The van der Waals surface area contributed by atoms with Crippen molar-refractivity contribution < 1.29 is 19.1 Å². The minimum absolute atomic E-state index is 0.265. The van der Waals surface area contributed by atoms with Crippen LogP contribution in [0.3, 0.4) is 0 Å². The van der Waals surface area contributed by atoms with Gasteiger partial charge >= 0.3 is 5.97 Å². The van der Waals surface area contributed by atoms with Crippen LogP contribution in [0, 0.1) is 6.92 Å². The Balaban J connectivity index is 1.72. The van der Waals surface area contributed by atoms with Gasteiger partial charge in [-0.05, 0) is 88.4 Å². The smallest absolute Gasteiger partial charge is 0.340 e. The molecule has 0 unspecified atom stereocenters. The summed E-state index contributed by atoms with van der Waals surface area (Å²) in [5.41, 5.74) is 4.21. The lowest BCUT2D eigenvalue weighted by Gasteiger charge is -2.29. The number of nitrogens with zero attached hydrogens (tertiary/aromatic N) is 1. The fraction of sp³-hybridized carbons (Fsp3) is 0.355. The van der Waals surface area contributed by atoms with Crippen LogP contribution in [-0.4, -0.2) is 37.7 Å². The molecule has 6 heteroatoms. The Bertz CT molecular complexity index is 1290. The molecule has 1 saturated heterocycles. The van der Waals surface area contributed by atoms with Crippen LogP contribution in [0.25, 0.3) is 11.1 Å². The van der Waals surface area contributed by atoms with Crippen molar-refractivity contribution in [2.75, 3.05) is 30.4 Å². The van der Waals surface area contributed by atoms with Crippen molar-refractivity contribution in [2.24, 2.45) is 0 Å². The van der Waals surface area contributed by atoms with Crippen molar-refractivity contribution in [1.29, 1.82) is 0 Å². The van der Waals surface area contributed by atoms with Crippen molar-refractivity contribution in [2.45, 2.75) is 52.6 Å². The number of hydrogen-bond acceptors (Lipinski definition) is 5. The van der Waals surface area contributed by atoms with E-state index in [0.29, 0.717) is 22.6 Å². The minimum Gasteiger partial charge on any atom is -0.496 e. The van der Waals surface area contributed by atoms with Gasteiger partial charge in [0, 0.05) is 29.9 Å². The topological polar surface area (TPSA) is 67.9 Å². The number of hydrogen-bond donors (Lipinski definition) is 1. The van der Waals surface area contributed by atoms with Gasteiger partial charge in [-0.15, -0.1) is 0 Å². The van der Waals surface area contributed by atoms with Gasteiger partial charge in [0.25, 0.3) is 5.91 Å². The average molecular weight is 501 g/mol. The number of para-hydroxylation sites is 1. The second-order valence-corrected chi connectivity index (χ2v) is 10.5. The maximum Gasteiger partial charge on any atom is 0.340 e. The predicted octanol–water partition coefficient (Wildman–Crippen LogP) is 6.87. The van der Waals surface area contributed by atoms with E-state index in [1.807, 2.05) is 70.2 Å². The van der Waals surface area contributed by atoms with E-state index in [-0.39, 0.29) is 5.91 Å². The van der Waals surface area contributed by atoms with Gasteiger partial charge < -0.3 is 19.7 Å². The van der Waals surface area contributed by atoms with Gasteiger partial charge in [-0.1, -0.05) is 30.3 Å². The van der Waals surface area contributed by atoms with Crippen LogP contribution in [0.4, 0.5) is 11.4 Å². The SMILES string of the molecule is COc1ccccc1-c1ccc(C(=O)OC(C)(C)C)c(NC(=O)c2cc(N3CCCCC3)ccc2C)c1. The summed E-state index contributed by atoms with van der Waals surface area (Å²) >= 11 is 0. The van der Waals surface area contributed by atoms with E-state index in [1.54, 1.807) is 19.2 Å². The van der Waals surface area contributed by atoms with Crippen molar-refractivity contribution in [3.05, 3.63) is 77.4 Å². The Labute approximate surface area is 219 Å². The first-order chi connectivity index (χ1) is 17.7. The zero-order chi connectivity index (χ0) is 26.6. The van der Waals surface area contributed by atoms with Gasteiger partial charge in [-0.3, -0.25) is 4.79 Å². The minimum atomic E-state index is -0.668. The summed E-state index contributed by atoms with van der Waals surface area (Å²) in [4.78, 5) is 29.0. The quantitative estimate of drug-likeness (QED) is 0.374. The normalized spacial score (nSPS) is 13.7. The number of benzene rings is 3. The van der Waals surface area contributed by atoms with Gasteiger partial charge in [-0.2, -0.15) is 0 Å². The number of ether oxygens (including phenoxy) is 2. The lowest BCUT2D eigenvalue weighted by Crippen LogP contribution is -2.29. The number of amides is 1. The highest BCUT2D eigenvalue weighted by atomic mass is 16.6. The zero-order valence-electron chi connectivity index (χ0n) is 22.4. The van der Waals surface area contributed by atoms with Crippen LogP contribution in [-0.2, 0) is 4.74 Å². The van der Waals surface area contributed by atoms with Crippen LogP contribution >= 0.6 is 0 Å². The van der Waals surface area contributed by atoms with Gasteiger partial charge in [0.1, 0.15) is 11.4 Å². The van der Waals surface area contributed by atoms with Crippen LogP contribution in [0.2, 0.25) is 0 Å². The monoisotopic (exact) mass is 500 g/mol. The first kappa shape index (κ1) is 26.3. The second-order valence-electron chi connectivity index (χ2n) is 10.5. The molecule has 0 bridgehead atoms. The maximum atomic E-state index is 13.6. The molecule has 6 nitrogen and oxygen atoms in total. The molecule has 1 heterocycles. The number of methoxy groups -OCH3 is 1. The molecule has 1 N–H and O–H groups in total. The lowest BCUT2D eigenvalue weighted by molar-refractivity contribution is 0.00708. The van der Waals surface area contributed by atoms with Crippen molar-refractivity contribution in [3.63, 3.8) is 0 Å². The van der Waals surface area contributed by atoms with Crippen molar-refractivity contribution in [3.8, 4) is 16.9 Å². The van der Waals surface area contributed by atoms with Gasteiger partial charge in [0.2, 0.25) is 0 Å². The highest BCUT2D eigenvalue weighted by molar-refractivity contribution is 6.09. The van der Waals surface area contributed by atoms with Crippen LogP contribution in [0.5, 0.6) is 5.75 Å². The highest BCUT2D eigenvalue weighted by Crippen LogP contribution is 2.33. The fourth-order valence-corrected chi connectivity index (χ4v) is 4.60. The summed E-state index contributed by atoms with van der Waals surface area (Å²) in [6.07, 6.45) is 3.56. The standard InChI is InChI=1S/C31H36N2O4/c1-21-13-15-23(33-17-9-6-10-18-33)20-26(21)29(34)32-27-19-22(24-11-7-8-12-28(24)36-5)14-16-25(27)30(35)37-31(2,3)4/h7-8,11-16,19-20H,6,9-10,17-18H2,1-5H3,(H,32,34). The number of carbonyl (C=O) groups excluding carboxylic acids is 2. The predicted molar refractivity (Wildman–Crippen MR) is 149 cm³/mol. The fourth-order valence-electron chi connectivity index (χ4n) is 4.60. The van der Waals surface area contributed by atoms with Crippen LogP contribution < -0.4 is 15.0 Å². The van der Waals surface area contributed by atoms with E-state index in [9.17, 15) is 9.59 Å². The summed E-state index contributed by atoms with van der Waals surface area (Å²) in [7, 11) is 1.62. The third kappa shape index (κ3) is 6.31. The molecule has 37 heavy (non-hydrogen) atoms. The van der Waals surface area contributed by atoms with Crippen LogP contribution in [0.15, 0.2) is 60.7 Å². The maximum absolute atomic E-state index is 13.6. The number of piperidine rings is 1. The molecular formula is C31H36N2O4. The van der Waals surface area contributed by atoms with E-state index in [0.717, 1.165) is 48.3 Å². The van der Waals surface area contributed by atoms with Crippen LogP contribution in [0.1, 0.15) is 66.3 Å². The summed E-state index contributed by atoms with van der Waals surface area (Å²) in [5, 5.41) is 3.01. The summed E-state index contributed by atoms with van der Waals surface area (Å²) in [5.74, 6) is -0.0543. The van der Waals surface area contributed by atoms with Gasteiger partial charge in [0.05, 0.1) is 18.4 Å². The van der Waals surface area contributed by atoms with Crippen molar-refractivity contribution >= 4 is 23.3 Å². The van der Waals surface area contributed by atoms with E-state index >= 15 is 0 Å². The molecule has 0 aliphatic carbocycles. The van der Waals surface area contributed by atoms with E-state index in [4.69, 9.17) is 9.47 Å². The molecule has 194 valence electrons. The average Bonchev–Trinajstić information content (AvgIpc) is 2.88. The number of esters is 1. The Morgan fingerprint density at radius 1 is 0.892 bits per heavy atom. The Hall–Kier alpha value is -3.80. The largest absolute Gasteiger partial charge is 0.496 e. The van der Waals surface area contributed by atoms with Crippen molar-refractivity contribution in [1.82, 2.24) is 0 Å². The Morgan fingerprint density at radius 2 is 1.62 bits per heavy atom. The summed E-state index contributed by atoms with van der Waals surface area (Å²) < 4.78 is 11.2. The molecule has 0 radical (unpaired) electrons. The summed E-state index contributed by atoms with van der Waals surface area (Å²) in [6, 6.07) is 19.0. The first-order valence-corrected chi connectivity index (χ1v) is 12.8. The second kappa shape index (κ2) is 11.1. The molecule has 1 fully saturated rings. The molecule has 3 aromatic rings. The number of carbonyl (C=O) groups is 2. The molecule has 0 aromatic heterocycles.